The maximum atomic E-state index is 9.45. The molecule has 0 aromatic heterocycles. The molecule has 15 heavy (non-hydrogen) atoms. The first-order chi connectivity index (χ1) is 7.11. The van der Waals surface area contributed by atoms with Gasteiger partial charge in [-0.3, -0.25) is 0 Å². The highest BCUT2D eigenvalue weighted by Gasteiger charge is 2.13. The van der Waals surface area contributed by atoms with Crippen molar-refractivity contribution in [1.29, 1.82) is 10.5 Å². The maximum Gasteiger partial charge on any atom is 0.171 e. The molecule has 0 fully saturated rings. The van der Waals surface area contributed by atoms with Crippen LogP contribution in [-0.2, 0) is 0 Å². The normalized spacial score (nSPS) is 8.67. The third kappa shape index (κ3) is 1.82. The number of aromatic hydroxyl groups is 2. The lowest BCUT2D eigenvalue weighted by Gasteiger charge is -2.04. The van der Waals surface area contributed by atoms with E-state index in [1.807, 2.05) is 0 Å². The highest BCUT2D eigenvalue weighted by Crippen LogP contribution is 2.32. The molecule has 0 atom stereocenters. The summed E-state index contributed by atoms with van der Waals surface area (Å²) in [5.41, 5.74) is -0.691. The van der Waals surface area contributed by atoms with Crippen LogP contribution in [0, 0.1) is 22.7 Å². The molecule has 5 heteroatoms. The van der Waals surface area contributed by atoms with Crippen molar-refractivity contribution >= 4 is 5.76 Å². The summed E-state index contributed by atoms with van der Waals surface area (Å²) in [6, 6.07) is 6.80. The highest BCUT2D eigenvalue weighted by atomic mass is 16.3. The summed E-state index contributed by atoms with van der Waals surface area (Å²) in [6.07, 6.45) is 0. The monoisotopic (exact) mass is 202 g/mol. The zero-order valence-electron chi connectivity index (χ0n) is 7.47. The maximum absolute atomic E-state index is 9.45. The smallest absolute Gasteiger partial charge is 0.171 e. The molecule has 1 rings (SSSR count). The summed E-state index contributed by atoms with van der Waals surface area (Å²) in [4.78, 5) is 0. The number of phenols is 2. The summed E-state index contributed by atoms with van der Waals surface area (Å²) >= 11 is 0. The van der Waals surface area contributed by atoms with Gasteiger partial charge in [-0.15, -0.1) is 0 Å². The van der Waals surface area contributed by atoms with Crippen molar-refractivity contribution in [1.82, 2.24) is 0 Å². The Morgan fingerprint density at radius 2 is 1.73 bits per heavy atom. The molecule has 74 valence electrons. The van der Waals surface area contributed by atoms with Gasteiger partial charge in [0.15, 0.2) is 22.8 Å². The van der Waals surface area contributed by atoms with E-state index in [9.17, 15) is 10.2 Å². The van der Waals surface area contributed by atoms with Crippen LogP contribution in [0.5, 0.6) is 11.5 Å². The first kappa shape index (κ1) is 10.4. The zero-order valence-corrected chi connectivity index (χ0v) is 7.47. The number of aliphatic hydroxyl groups is 1. The Bertz CT molecular complexity index is 490. The van der Waals surface area contributed by atoms with Crippen LogP contribution in [0.2, 0.25) is 0 Å². The molecule has 0 saturated carbocycles. The van der Waals surface area contributed by atoms with Gasteiger partial charge in [0.1, 0.15) is 12.1 Å². The van der Waals surface area contributed by atoms with Gasteiger partial charge in [0.05, 0.1) is 5.56 Å². The lowest BCUT2D eigenvalue weighted by molar-refractivity contribution is 0.398. The Morgan fingerprint density at radius 1 is 1.13 bits per heavy atom. The Balaban J connectivity index is 3.44. The van der Waals surface area contributed by atoms with Gasteiger partial charge in [-0.2, -0.15) is 10.5 Å². The number of benzene rings is 1. The predicted molar refractivity (Wildman–Crippen MR) is 50.5 cm³/mol. The van der Waals surface area contributed by atoms with E-state index in [1.54, 1.807) is 0 Å². The standard InChI is InChI=1S/C10H6N2O3/c11-4-6(5-12)9(14)7-2-1-3-8(13)10(7)15/h1-3,13-15H. The number of rotatable bonds is 1. The van der Waals surface area contributed by atoms with E-state index in [4.69, 9.17) is 15.6 Å². The summed E-state index contributed by atoms with van der Waals surface area (Å²) in [5, 5.41) is 44.9. The van der Waals surface area contributed by atoms with Crippen LogP contribution in [0.3, 0.4) is 0 Å². The van der Waals surface area contributed by atoms with E-state index in [-0.39, 0.29) is 5.56 Å². The van der Waals surface area contributed by atoms with Gasteiger partial charge >= 0.3 is 0 Å². The second kappa shape index (κ2) is 4.03. The topological polar surface area (TPSA) is 108 Å². The lowest BCUT2D eigenvalue weighted by atomic mass is 10.1. The number of aliphatic hydroxyl groups excluding tert-OH is 1. The van der Waals surface area contributed by atoms with Crippen LogP contribution >= 0.6 is 0 Å². The molecule has 0 spiro atoms. The molecule has 0 saturated heterocycles. The number of hydrogen-bond donors (Lipinski definition) is 3. The second-order valence-electron chi connectivity index (χ2n) is 2.62. The molecule has 0 radical (unpaired) electrons. The number of nitrogens with zero attached hydrogens (tertiary/aromatic N) is 2. The van der Waals surface area contributed by atoms with Crippen LogP contribution < -0.4 is 0 Å². The SMILES string of the molecule is N#CC(C#N)=C(O)c1cccc(O)c1O. The summed E-state index contributed by atoms with van der Waals surface area (Å²) in [5.74, 6) is -1.67. The number of para-hydroxylation sites is 1. The first-order valence-corrected chi connectivity index (χ1v) is 3.86. The summed E-state index contributed by atoms with van der Waals surface area (Å²) in [7, 11) is 0. The zero-order chi connectivity index (χ0) is 11.4. The molecule has 1 aromatic rings. The fraction of sp³-hybridized carbons (Fsp3) is 0. The van der Waals surface area contributed by atoms with Crippen LogP contribution in [0.25, 0.3) is 5.76 Å². The van der Waals surface area contributed by atoms with E-state index in [2.05, 4.69) is 0 Å². The van der Waals surface area contributed by atoms with Gasteiger partial charge in [-0.25, -0.2) is 0 Å². The van der Waals surface area contributed by atoms with E-state index < -0.39 is 22.8 Å². The fourth-order valence-corrected chi connectivity index (χ4v) is 0.988. The molecular weight excluding hydrogens is 196 g/mol. The molecule has 0 aliphatic rings. The quantitative estimate of drug-likeness (QED) is 0.362. The second-order valence-corrected chi connectivity index (χ2v) is 2.62. The molecule has 0 aliphatic heterocycles. The third-order valence-electron chi connectivity index (χ3n) is 1.73. The van der Waals surface area contributed by atoms with Gasteiger partial charge < -0.3 is 15.3 Å². The number of phenolic OH excluding ortho intramolecular Hbond substituents is 2. The van der Waals surface area contributed by atoms with Crippen molar-refractivity contribution in [3.8, 4) is 23.6 Å². The van der Waals surface area contributed by atoms with E-state index >= 15 is 0 Å². The van der Waals surface area contributed by atoms with Crippen molar-refractivity contribution in [3.05, 3.63) is 29.3 Å². The fourth-order valence-electron chi connectivity index (χ4n) is 0.988. The molecule has 1 aromatic carbocycles. The van der Waals surface area contributed by atoms with Crippen molar-refractivity contribution in [2.45, 2.75) is 0 Å². The average Bonchev–Trinajstić information content (AvgIpc) is 2.23. The molecule has 0 aliphatic carbocycles. The van der Waals surface area contributed by atoms with Gasteiger partial charge in [0.2, 0.25) is 0 Å². The number of allylic oxidation sites excluding steroid dienone is 1. The van der Waals surface area contributed by atoms with Crippen LogP contribution in [-0.4, -0.2) is 15.3 Å². The molecule has 3 N–H and O–H groups in total. The molecule has 0 amide bonds. The Morgan fingerprint density at radius 3 is 2.27 bits per heavy atom. The minimum atomic E-state index is -0.659. The number of hydrogen-bond acceptors (Lipinski definition) is 5. The van der Waals surface area contributed by atoms with Crippen molar-refractivity contribution in [2.24, 2.45) is 0 Å². The molecule has 0 bridgehead atoms. The number of nitriles is 2. The largest absolute Gasteiger partial charge is 0.505 e. The summed E-state index contributed by atoms with van der Waals surface area (Å²) < 4.78 is 0. The molecule has 0 heterocycles. The first-order valence-electron chi connectivity index (χ1n) is 3.86. The minimum absolute atomic E-state index is 0.159. The molecule has 0 unspecified atom stereocenters. The van der Waals surface area contributed by atoms with Gasteiger partial charge in [0.25, 0.3) is 0 Å². The van der Waals surface area contributed by atoms with Crippen molar-refractivity contribution in [3.63, 3.8) is 0 Å². The Hall–Kier alpha value is -2.66. The lowest BCUT2D eigenvalue weighted by Crippen LogP contribution is -1.88. The molecular formula is C10H6N2O3. The third-order valence-corrected chi connectivity index (χ3v) is 1.73. The Labute approximate surface area is 85.4 Å². The highest BCUT2D eigenvalue weighted by molar-refractivity contribution is 5.74. The minimum Gasteiger partial charge on any atom is -0.505 e. The Kier molecular flexibility index (Phi) is 2.80. The van der Waals surface area contributed by atoms with Crippen LogP contribution in [0.4, 0.5) is 0 Å². The van der Waals surface area contributed by atoms with Crippen molar-refractivity contribution < 1.29 is 15.3 Å². The van der Waals surface area contributed by atoms with Gasteiger partial charge in [-0.1, -0.05) is 6.07 Å². The molecule has 5 nitrogen and oxygen atoms in total. The summed E-state index contributed by atoms with van der Waals surface area (Å²) in [6.45, 7) is 0. The van der Waals surface area contributed by atoms with Crippen LogP contribution in [0.1, 0.15) is 5.56 Å². The van der Waals surface area contributed by atoms with E-state index in [0.29, 0.717) is 0 Å². The van der Waals surface area contributed by atoms with Crippen LogP contribution in [0.15, 0.2) is 23.8 Å². The van der Waals surface area contributed by atoms with Gasteiger partial charge in [-0.05, 0) is 12.1 Å². The van der Waals surface area contributed by atoms with Gasteiger partial charge in [0, 0.05) is 0 Å². The van der Waals surface area contributed by atoms with Crippen molar-refractivity contribution in [2.75, 3.05) is 0 Å². The van der Waals surface area contributed by atoms with E-state index in [0.717, 1.165) is 0 Å². The average molecular weight is 202 g/mol. The van der Waals surface area contributed by atoms with E-state index in [1.165, 1.54) is 30.3 Å². The predicted octanol–water partition coefficient (Wildman–Crippen LogP) is 1.41.